The van der Waals surface area contributed by atoms with E-state index in [1.165, 1.54) is 0 Å². The minimum absolute atomic E-state index is 0. The van der Waals surface area contributed by atoms with Gasteiger partial charge in [-0.2, -0.15) is 5.10 Å². The van der Waals surface area contributed by atoms with Crippen LogP contribution >= 0.6 is 12.4 Å². The van der Waals surface area contributed by atoms with E-state index >= 15 is 0 Å². The molecule has 0 fully saturated rings. The van der Waals surface area contributed by atoms with Crippen molar-refractivity contribution in [2.24, 2.45) is 0 Å². The van der Waals surface area contributed by atoms with Gasteiger partial charge in [0, 0.05) is 18.1 Å². The molecule has 26 heavy (non-hydrogen) atoms. The largest absolute Gasteiger partial charge is 0.464 e. The highest BCUT2D eigenvalue weighted by atomic mass is 35.5. The average molecular weight is 374 g/mol. The number of halogens is 1. The van der Waals surface area contributed by atoms with Gasteiger partial charge in [0.15, 0.2) is 0 Å². The van der Waals surface area contributed by atoms with E-state index in [-0.39, 0.29) is 24.3 Å². The number of benzene rings is 2. The van der Waals surface area contributed by atoms with Crippen molar-refractivity contribution in [2.45, 2.75) is 12.8 Å². The van der Waals surface area contributed by atoms with Crippen LogP contribution < -0.4 is 0 Å². The van der Waals surface area contributed by atoms with Crippen LogP contribution in [0.4, 0.5) is 0 Å². The molecular formula is C20H24ClN3O2. The lowest BCUT2D eigenvalue weighted by molar-refractivity contribution is -0.145. The third kappa shape index (κ3) is 4.62. The lowest BCUT2D eigenvalue weighted by Crippen LogP contribution is -2.22. The van der Waals surface area contributed by atoms with E-state index in [0.717, 1.165) is 28.7 Å². The van der Waals surface area contributed by atoms with Crippen LogP contribution in [0, 0.1) is 0 Å². The highest BCUT2D eigenvalue weighted by Gasteiger charge is 2.17. The molecule has 5 nitrogen and oxygen atoms in total. The Kier molecular flexibility index (Phi) is 6.77. The van der Waals surface area contributed by atoms with Gasteiger partial charge in [0.05, 0.1) is 17.1 Å². The molecule has 0 spiro atoms. The fraction of sp³-hybridized carbons (Fsp3) is 0.300. The van der Waals surface area contributed by atoms with Crippen molar-refractivity contribution in [3.05, 3.63) is 60.3 Å². The van der Waals surface area contributed by atoms with E-state index < -0.39 is 0 Å². The van der Waals surface area contributed by atoms with Gasteiger partial charge in [-0.25, -0.2) is 4.68 Å². The van der Waals surface area contributed by atoms with Crippen LogP contribution in [0.1, 0.15) is 18.4 Å². The molecule has 0 bridgehead atoms. The van der Waals surface area contributed by atoms with Crippen molar-refractivity contribution >= 4 is 29.3 Å². The van der Waals surface area contributed by atoms with Crippen LogP contribution in [0.2, 0.25) is 0 Å². The van der Waals surface area contributed by atoms with Crippen LogP contribution in [0.25, 0.3) is 16.6 Å². The maximum Gasteiger partial charge on any atom is 0.313 e. The van der Waals surface area contributed by atoms with Gasteiger partial charge in [0.1, 0.15) is 6.61 Å². The first kappa shape index (κ1) is 19.9. The highest BCUT2D eigenvalue weighted by Crippen LogP contribution is 2.20. The van der Waals surface area contributed by atoms with Crippen molar-refractivity contribution in [1.29, 1.82) is 0 Å². The number of esters is 1. The number of nitrogens with zero attached hydrogens (tertiary/aromatic N) is 3. The maximum absolute atomic E-state index is 12.1. The quantitative estimate of drug-likeness (QED) is 0.619. The SMILES string of the molecule is CC(C(=O)OCCN(C)C)c1ccc(-n2cc3ccccc3n2)cc1.Cl. The number of ether oxygens (including phenoxy) is 1. The first-order valence-electron chi connectivity index (χ1n) is 8.41. The summed E-state index contributed by atoms with van der Waals surface area (Å²) in [7, 11) is 3.91. The van der Waals surface area contributed by atoms with E-state index in [2.05, 4.69) is 5.10 Å². The van der Waals surface area contributed by atoms with Crippen molar-refractivity contribution in [3.8, 4) is 5.69 Å². The summed E-state index contributed by atoms with van der Waals surface area (Å²) in [5.41, 5.74) is 2.87. The number of aromatic nitrogens is 2. The molecule has 0 saturated heterocycles. The molecule has 0 radical (unpaired) electrons. The van der Waals surface area contributed by atoms with E-state index in [1.807, 2.05) is 85.3 Å². The van der Waals surface area contributed by atoms with Gasteiger partial charge in [0.25, 0.3) is 0 Å². The monoisotopic (exact) mass is 373 g/mol. The van der Waals surface area contributed by atoms with Gasteiger partial charge in [0.2, 0.25) is 0 Å². The summed E-state index contributed by atoms with van der Waals surface area (Å²) in [6.07, 6.45) is 2.00. The number of hydrogen-bond donors (Lipinski definition) is 0. The van der Waals surface area contributed by atoms with E-state index in [9.17, 15) is 4.79 Å². The number of carbonyl (C=O) groups excluding carboxylic acids is 1. The minimum Gasteiger partial charge on any atom is -0.464 e. The fourth-order valence-corrected chi connectivity index (χ4v) is 2.60. The molecule has 0 N–H and O–H groups in total. The first-order chi connectivity index (χ1) is 12.0. The Balaban J connectivity index is 0.00000243. The Morgan fingerprint density at radius 2 is 1.85 bits per heavy atom. The maximum atomic E-state index is 12.1. The minimum atomic E-state index is -0.284. The van der Waals surface area contributed by atoms with Crippen molar-refractivity contribution in [3.63, 3.8) is 0 Å². The number of hydrogen-bond acceptors (Lipinski definition) is 4. The predicted octanol–water partition coefficient (Wildman–Crippen LogP) is 3.66. The Morgan fingerprint density at radius 3 is 2.50 bits per heavy atom. The molecule has 0 aliphatic carbocycles. The summed E-state index contributed by atoms with van der Waals surface area (Å²) in [4.78, 5) is 14.1. The molecule has 3 aromatic rings. The Labute approximate surface area is 160 Å². The smallest absolute Gasteiger partial charge is 0.313 e. The van der Waals surface area contributed by atoms with E-state index in [4.69, 9.17) is 4.74 Å². The van der Waals surface area contributed by atoms with Crippen molar-refractivity contribution in [1.82, 2.24) is 14.7 Å². The van der Waals surface area contributed by atoms with Crippen LogP contribution in [-0.4, -0.2) is 47.9 Å². The van der Waals surface area contributed by atoms with E-state index in [1.54, 1.807) is 0 Å². The summed E-state index contributed by atoms with van der Waals surface area (Å²) >= 11 is 0. The topological polar surface area (TPSA) is 47.4 Å². The molecule has 2 aromatic carbocycles. The van der Waals surface area contributed by atoms with Gasteiger partial charge >= 0.3 is 5.97 Å². The molecular weight excluding hydrogens is 350 g/mol. The summed E-state index contributed by atoms with van der Waals surface area (Å²) in [5.74, 6) is -0.479. The molecule has 3 rings (SSSR count). The molecule has 1 unspecified atom stereocenters. The zero-order chi connectivity index (χ0) is 17.8. The van der Waals surface area contributed by atoms with Crippen molar-refractivity contribution in [2.75, 3.05) is 27.2 Å². The summed E-state index contributed by atoms with van der Waals surface area (Å²) in [5, 5.41) is 5.67. The third-order valence-electron chi connectivity index (χ3n) is 4.21. The second-order valence-corrected chi connectivity index (χ2v) is 6.42. The zero-order valence-electron chi connectivity index (χ0n) is 15.3. The molecule has 6 heteroatoms. The number of likely N-dealkylation sites (N-methyl/N-ethyl adjacent to an activating group) is 1. The Bertz CT molecular complexity index is 826. The molecule has 1 heterocycles. The Hall–Kier alpha value is -2.37. The second-order valence-electron chi connectivity index (χ2n) is 6.42. The third-order valence-corrected chi connectivity index (χ3v) is 4.21. The molecule has 0 saturated carbocycles. The van der Waals surface area contributed by atoms with Crippen molar-refractivity contribution < 1.29 is 9.53 Å². The number of fused-ring (bicyclic) bond motifs is 1. The number of rotatable bonds is 6. The standard InChI is InChI=1S/C20H23N3O2.ClH/c1-15(20(24)25-13-12-22(2)3)16-8-10-18(11-9-16)23-14-17-6-4-5-7-19(17)21-23;/h4-11,14-15H,12-13H2,1-3H3;1H. The molecule has 138 valence electrons. The number of carbonyl (C=O) groups is 1. The normalized spacial score (nSPS) is 12.0. The lowest BCUT2D eigenvalue weighted by atomic mass is 10.0. The molecule has 0 aliphatic rings. The summed E-state index contributed by atoms with van der Waals surface area (Å²) < 4.78 is 7.18. The predicted molar refractivity (Wildman–Crippen MR) is 106 cm³/mol. The zero-order valence-corrected chi connectivity index (χ0v) is 16.1. The molecule has 1 atom stereocenters. The van der Waals surface area contributed by atoms with Gasteiger partial charge < -0.3 is 9.64 Å². The summed E-state index contributed by atoms with van der Waals surface area (Å²) in [6, 6.07) is 15.9. The van der Waals surface area contributed by atoms with Crippen LogP contribution in [0.15, 0.2) is 54.7 Å². The van der Waals surface area contributed by atoms with Crippen LogP contribution in [0.5, 0.6) is 0 Å². The molecule has 0 aliphatic heterocycles. The van der Waals surface area contributed by atoms with Gasteiger partial charge in [-0.15, -0.1) is 12.4 Å². The van der Waals surface area contributed by atoms with Gasteiger partial charge in [-0.3, -0.25) is 4.79 Å². The van der Waals surface area contributed by atoms with Gasteiger partial charge in [-0.05, 0) is 44.8 Å². The average Bonchev–Trinajstić information content (AvgIpc) is 3.05. The molecule has 1 aromatic heterocycles. The second kappa shape index (κ2) is 8.83. The van der Waals surface area contributed by atoms with E-state index in [0.29, 0.717) is 6.61 Å². The highest BCUT2D eigenvalue weighted by molar-refractivity contribution is 5.85. The summed E-state index contributed by atoms with van der Waals surface area (Å²) in [6.45, 7) is 3.01. The first-order valence-corrected chi connectivity index (χ1v) is 8.41. The molecule has 0 amide bonds. The van der Waals surface area contributed by atoms with Gasteiger partial charge in [-0.1, -0.05) is 30.3 Å². The fourth-order valence-electron chi connectivity index (χ4n) is 2.60. The van der Waals surface area contributed by atoms with Crippen LogP contribution in [-0.2, 0) is 9.53 Å². The lowest BCUT2D eigenvalue weighted by Gasteiger charge is -2.14. The van der Waals surface area contributed by atoms with Crippen LogP contribution in [0.3, 0.4) is 0 Å². The Morgan fingerprint density at radius 1 is 1.15 bits per heavy atom.